The van der Waals surface area contributed by atoms with Gasteiger partial charge in [0.25, 0.3) is 0 Å². The molecule has 0 N–H and O–H groups in total. The Bertz CT molecular complexity index is 794. The summed E-state index contributed by atoms with van der Waals surface area (Å²) in [5.74, 6) is -0.194. The van der Waals surface area contributed by atoms with Crippen molar-refractivity contribution in [1.29, 1.82) is 0 Å². The van der Waals surface area contributed by atoms with Gasteiger partial charge in [-0.1, -0.05) is 42.5 Å². The van der Waals surface area contributed by atoms with Crippen LogP contribution in [0.1, 0.15) is 30.4 Å². The Morgan fingerprint density at radius 3 is 2.67 bits per heavy atom. The molecule has 3 heteroatoms. The number of hydrogen-bond donors (Lipinski definition) is 0. The van der Waals surface area contributed by atoms with Crippen molar-refractivity contribution >= 4 is 17.2 Å². The number of esters is 1. The van der Waals surface area contributed by atoms with Crippen LogP contribution < -0.4 is 4.90 Å². The van der Waals surface area contributed by atoms with E-state index in [2.05, 4.69) is 36.1 Å². The smallest absolute Gasteiger partial charge is 0.341 e. The molecule has 2 aliphatic rings. The Morgan fingerprint density at radius 1 is 1.04 bits per heavy atom. The molecule has 0 saturated carbocycles. The van der Waals surface area contributed by atoms with Crippen LogP contribution in [-0.2, 0) is 9.53 Å². The van der Waals surface area contributed by atoms with Gasteiger partial charge in [-0.05, 0) is 49.4 Å². The fourth-order valence-electron chi connectivity index (χ4n) is 3.68. The predicted octanol–water partition coefficient (Wildman–Crippen LogP) is 4.32. The van der Waals surface area contributed by atoms with Crippen LogP contribution in [0.4, 0.5) is 5.69 Å². The molecule has 1 atom stereocenters. The van der Waals surface area contributed by atoms with Gasteiger partial charge in [0.1, 0.15) is 0 Å². The lowest BCUT2D eigenvalue weighted by Crippen LogP contribution is -2.36. The van der Waals surface area contributed by atoms with Gasteiger partial charge >= 0.3 is 5.97 Å². The summed E-state index contributed by atoms with van der Waals surface area (Å²) in [6.07, 6.45) is 2.84. The molecule has 0 amide bonds. The Kier molecular flexibility index (Phi) is 3.85. The van der Waals surface area contributed by atoms with Crippen LogP contribution in [0.5, 0.6) is 0 Å². The topological polar surface area (TPSA) is 29.5 Å². The van der Waals surface area contributed by atoms with E-state index in [4.69, 9.17) is 4.74 Å². The first-order chi connectivity index (χ1) is 11.7. The Labute approximate surface area is 142 Å². The van der Waals surface area contributed by atoms with Crippen LogP contribution in [0.15, 0.2) is 60.2 Å². The third kappa shape index (κ3) is 2.60. The molecule has 2 aliphatic heterocycles. The Balaban J connectivity index is 1.79. The average Bonchev–Trinajstić information content (AvgIpc) is 2.78. The van der Waals surface area contributed by atoms with Gasteiger partial charge in [0.15, 0.2) is 6.23 Å². The molecule has 2 heterocycles. The van der Waals surface area contributed by atoms with E-state index in [1.807, 2.05) is 30.3 Å². The lowest BCUT2D eigenvalue weighted by molar-refractivity contribution is -0.137. The molecule has 1 fully saturated rings. The van der Waals surface area contributed by atoms with Gasteiger partial charge in [-0.3, -0.25) is 0 Å². The Morgan fingerprint density at radius 2 is 1.88 bits per heavy atom. The van der Waals surface area contributed by atoms with Crippen molar-refractivity contribution in [3.63, 3.8) is 0 Å². The van der Waals surface area contributed by atoms with Gasteiger partial charge in [-0.2, -0.15) is 0 Å². The molecular weight excluding hydrogens is 298 g/mol. The highest BCUT2D eigenvalue weighted by molar-refractivity contribution is 6.19. The fraction of sp³-hybridized carbons (Fsp3) is 0.286. The van der Waals surface area contributed by atoms with Gasteiger partial charge < -0.3 is 9.64 Å². The molecule has 0 aromatic heterocycles. The van der Waals surface area contributed by atoms with Gasteiger partial charge in [-0.15, -0.1) is 0 Å². The van der Waals surface area contributed by atoms with Crippen LogP contribution in [0, 0.1) is 6.92 Å². The molecule has 0 spiro atoms. The van der Waals surface area contributed by atoms with Crippen molar-refractivity contribution in [3.05, 3.63) is 71.3 Å². The summed E-state index contributed by atoms with van der Waals surface area (Å²) in [5.41, 5.74) is 5.20. The van der Waals surface area contributed by atoms with Crippen LogP contribution in [0.25, 0.3) is 5.57 Å². The molecule has 0 radical (unpaired) electrons. The SMILES string of the molecule is Cc1cccc(N2CCCCC3=C(c4ccccc4)C(=O)OC32)c1. The summed E-state index contributed by atoms with van der Waals surface area (Å²) in [7, 11) is 0. The summed E-state index contributed by atoms with van der Waals surface area (Å²) in [6.45, 7) is 3.00. The number of hydrogen-bond acceptors (Lipinski definition) is 3. The predicted molar refractivity (Wildman–Crippen MR) is 95.6 cm³/mol. The first-order valence-corrected chi connectivity index (χ1v) is 8.57. The van der Waals surface area contributed by atoms with Gasteiger partial charge in [0.05, 0.1) is 5.57 Å². The minimum Gasteiger partial charge on any atom is -0.434 e. The molecule has 0 aliphatic carbocycles. The normalized spacial score (nSPS) is 20.6. The molecule has 2 aromatic carbocycles. The fourth-order valence-corrected chi connectivity index (χ4v) is 3.68. The minimum absolute atomic E-state index is 0.194. The molecule has 24 heavy (non-hydrogen) atoms. The van der Waals surface area contributed by atoms with Gasteiger partial charge in [0, 0.05) is 17.8 Å². The molecule has 1 unspecified atom stereocenters. The van der Waals surface area contributed by atoms with Gasteiger partial charge in [0.2, 0.25) is 0 Å². The van der Waals surface area contributed by atoms with E-state index in [0.29, 0.717) is 0 Å². The van der Waals surface area contributed by atoms with E-state index in [9.17, 15) is 4.79 Å². The molecular formula is C21H21NO2. The zero-order chi connectivity index (χ0) is 16.5. The third-order valence-electron chi connectivity index (χ3n) is 4.82. The second kappa shape index (κ2) is 6.16. The zero-order valence-electron chi connectivity index (χ0n) is 13.9. The highest BCUT2D eigenvalue weighted by atomic mass is 16.6. The number of fused-ring (bicyclic) bond motifs is 1. The van der Waals surface area contributed by atoms with Crippen LogP contribution in [-0.4, -0.2) is 18.7 Å². The number of ether oxygens (including phenoxy) is 1. The number of benzene rings is 2. The zero-order valence-corrected chi connectivity index (χ0v) is 13.9. The van der Waals surface area contributed by atoms with Crippen LogP contribution >= 0.6 is 0 Å². The average molecular weight is 319 g/mol. The van der Waals surface area contributed by atoms with E-state index < -0.39 is 0 Å². The maximum Gasteiger partial charge on any atom is 0.341 e. The second-order valence-corrected chi connectivity index (χ2v) is 6.51. The highest BCUT2D eigenvalue weighted by Crippen LogP contribution is 2.39. The number of aryl methyl sites for hydroxylation is 1. The number of nitrogens with zero attached hydrogens (tertiary/aromatic N) is 1. The van der Waals surface area contributed by atoms with Crippen molar-refractivity contribution in [1.82, 2.24) is 0 Å². The highest BCUT2D eigenvalue weighted by Gasteiger charge is 2.39. The minimum atomic E-state index is -0.267. The van der Waals surface area contributed by atoms with Crippen LogP contribution in [0.3, 0.4) is 0 Å². The lowest BCUT2D eigenvalue weighted by atomic mass is 9.97. The van der Waals surface area contributed by atoms with E-state index in [1.165, 1.54) is 5.56 Å². The van der Waals surface area contributed by atoms with Crippen molar-refractivity contribution in [3.8, 4) is 0 Å². The molecule has 122 valence electrons. The quantitative estimate of drug-likeness (QED) is 0.772. The maximum atomic E-state index is 12.6. The monoisotopic (exact) mass is 319 g/mol. The lowest BCUT2D eigenvalue weighted by Gasteiger charge is -2.29. The molecule has 4 rings (SSSR count). The van der Waals surface area contributed by atoms with Crippen LogP contribution in [0.2, 0.25) is 0 Å². The maximum absolute atomic E-state index is 12.6. The second-order valence-electron chi connectivity index (χ2n) is 6.51. The van der Waals surface area contributed by atoms with Crippen molar-refractivity contribution in [2.24, 2.45) is 0 Å². The largest absolute Gasteiger partial charge is 0.434 e. The summed E-state index contributed by atoms with van der Waals surface area (Å²) < 4.78 is 5.83. The Hall–Kier alpha value is -2.55. The number of carbonyl (C=O) groups excluding carboxylic acids is 1. The van der Waals surface area contributed by atoms with Crippen molar-refractivity contribution < 1.29 is 9.53 Å². The third-order valence-corrected chi connectivity index (χ3v) is 4.82. The van der Waals surface area contributed by atoms with E-state index in [0.717, 1.165) is 48.2 Å². The standard InChI is InChI=1S/C21H21NO2/c1-15-8-7-11-17(14-15)22-13-6-5-12-18-19(21(23)24-20(18)22)16-9-3-2-4-10-16/h2-4,7-11,14,20H,5-6,12-13H2,1H3. The summed E-state index contributed by atoms with van der Waals surface area (Å²) in [6, 6.07) is 18.3. The molecule has 0 bridgehead atoms. The number of carbonyl (C=O) groups is 1. The first kappa shape index (κ1) is 15.0. The van der Waals surface area contributed by atoms with E-state index in [1.54, 1.807) is 0 Å². The van der Waals surface area contributed by atoms with Crippen molar-refractivity contribution in [2.75, 3.05) is 11.4 Å². The number of anilines is 1. The number of rotatable bonds is 2. The molecule has 1 saturated heterocycles. The first-order valence-electron chi connectivity index (χ1n) is 8.57. The summed E-state index contributed by atoms with van der Waals surface area (Å²) in [4.78, 5) is 14.8. The van der Waals surface area contributed by atoms with Gasteiger partial charge in [-0.25, -0.2) is 4.79 Å². The summed E-state index contributed by atoms with van der Waals surface area (Å²) in [5, 5.41) is 0. The molecule has 2 aromatic rings. The molecule has 3 nitrogen and oxygen atoms in total. The van der Waals surface area contributed by atoms with E-state index >= 15 is 0 Å². The van der Waals surface area contributed by atoms with E-state index in [-0.39, 0.29) is 12.2 Å². The van der Waals surface area contributed by atoms with Crippen molar-refractivity contribution in [2.45, 2.75) is 32.4 Å². The summed E-state index contributed by atoms with van der Waals surface area (Å²) >= 11 is 0.